The summed E-state index contributed by atoms with van der Waals surface area (Å²) in [7, 11) is -3.69. The Morgan fingerprint density at radius 1 is 1.27 bits per heavy atom. The number of nitrogens with one attached hydrogen (secondary N) is 2. The molecular formula is C13H17N3O5S. The number of ether oxygens (including phenoxy) is 1. The van der Waals surface area contributed by atoms with Gasteiger partial charge in [-0.3, -0.25) is 9.69 Å². The van der Waals surface area contributed by atoms with E-state index >= 15 is 0 Å². The molecule has 2 rings (SSSR count). The van der Waals surface area contributed by atoms with E-state index in [1.807, 2.05) is 6.92 Å². The Kier molecular flexibility index (Phi) is 4.99. The first kappa shape index (κ1) is 16.2. The van der Waals surface area contributed by atoms with Gasteiger partial charge in [0, 0.05) is 13.1 Å². The van der Waals surface area contributed by atoms with Crippen LogP contribution in [0.25, 0.3) is 0 Å². The van der Waals surface area contributed by atoms with Crippen molar-refractivity contribution in [2.45, 2.75) is 11.8 Å². The molecule has 1 aromatic rings. The Labute approximate surface area is 128 Å². The van der Waals surface area contributed by atoms with Crippen molar-refractivity contribution in [3.05, 3.63) is 24.3 Å². The molecule has 1 aliphatic heterocycles. The van der Waals surface area contributed by atoms with Crippen molar-refractivity contribution >= 4 is 22.0 Å². The lowest BCUT2D eigenvalue weighted by atomic mass is 10.3. The number of sulfonamides is 1. The monoisotopic (exact) mass is 327 g/mol. The van der Waals surface area contributed by atoms with E-state index < -0.39 is 16.1 Å². The number of amides is 3. The van der Waals surface area contributed by atoms with Crippen molar-refractivity contribution < 1.29 is 22.7 Å². The van der Waals surface area contributed by atoms with Gasteiger partial charge in [-0.15, -0.1) is 0 Å². The Morgan fingerprint density at radius 3 is 2.50 bits per heavy atom. The normalized spacial score (nSPS) is 15.0. The number of imide groups is 1. The first-order valence-electron chi connectivity index (χ1n) is 6.75. The van der Waals surface area contributed by atoms with E-state index in [9.17, 15) is 18.0 Å². The van der Waals surface area contributed by atoms with E-state index in [0.717, 1.165) is 4.90 Å². The number of carbonyl (C=O) groups is 2. The predicted octanol–water partition coefficient (Wildman–Crippen LogP) is -0.0846. The third-order valence-corrected chi connectivity index (χ3v) is 4.49. The van der Waals surface area contributed by atoms with Crippen LogP contribution in [0.15, 0.2) is 29.2 Å². The molecular weight excluding hydrogens is 310 g/mol. The molecule has 9 heteroatoms. The molecule has 0 saturated carbocycles. The standard InChI is InChI=1S/C13H17N3O5S/c1-2-21-10-3-5-11(6-4-10)22(19,20)15-7-8-16-12(17)9-14-13(16)18/h3-6,15H,2,7-9H2,1H3,(H,14,18). The predicted molar refractivity (Wildman–Crippen MR) is 77.9 cm³/mol. The van der Waals surface area contributed by atoms with Crippen LogP contribution >= 0.6 is 0 Å². The van der Waals surface area contributed by atoms with Gasteiger partial charge in [-0.05, 0) is 31.2 Å². The van der Waals surface area contributed by atoms with Crippen LogP contribution in [0.4, 0.5) is 4.79 Å². The first-order valence-corrected chi connectivity index (χ1v) is 8.23. The molecule has 1 aromatic carbocycles. The number of carbonyl (C=O) groups excluding carboxylic acids is 2. The van der Waals surface area contributed by atoms with Crippen molar-refractivity contribution in [3.63, 3.8) is 0 Å². The maximum absolute atomic E-state index is 12.1. The molecule has 120 valence electrons. The van der Waals surface area contributed by atoms with E-state index in [1.165, 1.54) is 12.1 Å². The second-order valence-electron chi connectivity index (χ2n) is 4.51. The van der Waals surface area contributed by atoms with Crippen LogP contribution in [0.2, 0.25) is 0 Å². The summed E-state index contributed by atoms with van der Waals surface area (Å²) in [6.45, 7) is 2.22. The van der Waals surface area contributed by atoms with Gasteiger partial charge >= 0.3 is 6.03 Å². The minimum Gasteiger partial charge on any atom is -0.494 e. The summed E-state index contributed by atoms with van der Waals surface area (Å²) >= 11 is 0. The molecule has 0 bridgehead atoms. The maximum Gasteiger partial charge on any atom is 0.324 e. The highest BCUT2D eigenvalue weighted by atomic mass is 32.2. The van der Waals surface area contributed by atoms with Crippen molar-refractivity contribution in [1.82, 2.24) is 14.9 Å². The number of hydrogen-bond acceptors (Lipinski definition) is 5. The molecule has 1 aliphatic rings. The van der Waals surface area contributed by atoms with Crippen molar-refractivity contribution in [1.29, 1.82) is 0 Å². The second-order valence-corrected chi connectivity index (χ2v) is 6.27. The summed E-state index contributed by atoms with van der Waals surface area (Å²) in [6.07, 6.45) is 0. The SMILES string of the molecule is CCOc1ccc(S(=O)(=O)NCCN2C(=O)CNC2=O)cc1. The van der Waals surface area contributed by atoms with Gasteiger partial charge in [0.2, 0.25) is 15.9 Å². The van der Waals surface area contributed by atoms with E-state index in [1.54, 1.807) is 12.1 Å². The van der Waals surface area contributed by atoms with E-state index in [4.69, 9.17) is 4.74 Å². The van der Waals surface area contributed by atoms with Crippen LogP contribution in [0, 0.1) is 0 Å². The summed E-state index contributed by atoms with van der Waals surface area (Å²) in [5.74, 6) is 0.214. The summed E-state index contributed by atoms with van der Waals surface area (Å²) in [4.78, 5) is 23.7. The fraction of sp³-hybridized carbons (Fsp3) is 0.385. The third-order valence-electron chi connectivity index (χ3n) is 3.01. The molecule has 0 aliphatic carbocycles. The van der Waals surface area contributed by atoms with Crippen molar-refractivity contribution in [2.75, 3.05) is 26.2 Å². The molecule has 1 fully saturated rings. The smallest absolute Gasteiger partial charge is 0.324 e. The van der Waals surface area contributed by atoms with Crippen LogP contribution in [0.1, 0.15) is 6.92 Å². The van der Waals surface area contributed by atoms with Gasteiger partial charge in [0.25, 0.3) is 0 Å². The summed E-state index contributed by atoms with van der Waals surface area (Å²) in [5, 5.41) is 2.36. The summed E-state index contributed by atoms with van der Waals surface area (Å²) in [5.41, 5.74) is 0. The number of urea groups is 1. The Balaban J connectivity index is 1.93. The fourth-order valence-electron chi connectivity index (χ4n) is 1.94. The molecule has 0 atom stereocenters. The van der Waals surface area contributed by atoms with Crippen LogP contribution < -0.4 is 14.8 Å². The average Bonchev–Trinajstić information content (AvgIpc) is 2.80. The second kappa shape index (κ2) is 6.75. The molecule has 3 amide bonds. The third kappa shape index (κ3) is 3.74. The minimum atomic E-state index is -3.69. The molecule has 1 heterocycles. The van der Waals surface area contributed by atoms with E-state index in [0.29, 0.717) is 12.4 Å². The zero-order chi connectivity index (χ0) is 16.2. The van der Waals surface area contributed by atoms with Gasteiger partial charge < -0.3 is 10.1 Å². The van der Waals surface area contributed by atoms with Gasteiger partial charge in [-0.25, -0.2) is 17.9 Å². The number of hydrogen-bond donors (Lipinski definition) is 2. The summed E-state index contributed by atoms with van der Waals surface area (Å²) in [6, 6.07) is 5.48. The van der Waals surface area contributed by atoms with Crippen LogP contribution in [0.5, 0.6) is 5.75 Å². The highest BCUT2D eigenvalue weighted by Crippen LogP contribution is 2.15. The van der Waals surface area contributed by atoms with Gasteiger partial charge in [0.15, 0.2) is 0 Å². The molecule has 8 nitrogen and oxygen atoms in total. The summed E-state index contributed by atoms with van der Waals surface area (Å²) < 4.78 is 31.8. The minimum absolute atomic E-state index is 0.0130. The molecule has 0 aromatic heterocycles. The topological polar surface area (TPSA) is 105 Å². The van der Waals surface area contributed by atoms with Crippen LogP contribution in [-0.2, 0) is 14.8 Å². The lowest BCUT2D eigenvalue weighted by Gasteiger charge is -2.13. The maximum atomic E-state index is 12.1. The van der Waals surface area contributed by atoms with Gasteiger partial charge in [0.05, 0.1) is 18.0 Å². The molecule has 22 heavy (non-hydrogen) atoms. The number of benzene rings is 1. The zero-order valence-electron chi connectivity index (χ0n) is 12.0. The molecule has 1 saturated heterocycles. The van der Waals surface area contributed by atoms with E-state index in [-0.39, 0.29) is 30.4 Å². The highest BCUT2D eigenvalue weighted by molar-refractivity contribution is 7.89. The Morgan fingerprint density at radius 2 is 1.95 bits per heavy atom. The fourth-order valence-corrected chi connectivity index (χ4v) is 2.96. The molecule has 0 radical (unpaired) electrons. The van der Waals surface area contributed by atoms with Crippen molar-refractivity contribution in [2.24, 2.45) is 0 Å². The van der Waals surface area contributed by atoms with E-state index in [2.05, 4.69) is 10.0 Å². The number of rotatable bonds is 7. The van der Waals surface area contributed by atoms with Gasteiger partial charge in [-0.2, -0.15) is 0 Å². The zero-order valence-corrected chi connectivity index (χ0v) is 12.9. The lowest BCUT2D eigenvalue weighted by molar-refractivity contribution is -0.124. The van der Waals surface area contributed by atoms with Crippen LogP contribution in [0.3, 0.4) is 0 Å². The van der Waals surface area contributed by atoms with Crippen molar-refractivity contribution in [3.8, 4) is 5.75 Å². The Hall–Kier alpha value is -2.13. The molecule has 2 N–H and O–H groups in total. The number of nitrogens with zero attached hydrogens (tertiary/aromatic N) is 1. The highest BCUT2D eigenvalue weighted by Gasteiger charge is 2.28. The first-order chi connectivity index (χ1) is 10.4. The molecule has 0 unspecified atom stereocenters. The lowest BCUT2D eigenvalue weighted by Crippen LogP contribution is -2.38. The van der Waals surface area contributed by atoms with Gasteiger partial charge in [-0.1, -0.05) is 0 Å². The van der Waals surface area contributed by atoms with Gasteiger partial charge in [0.1, 0.15) is 5.75 Å². The molecule has 0 spiro atoms. The van der Waals surface area contributed by atoms with Crippen LogP contribution in [-0.4, -0.2) is 51.5 Å². The Bertz CT molecular complexity index is 641. The average molecular weight is 327 g/mol. The quantitative estimate of drug-likeness (QED) is 0.681. The largest absolute Gasteiger partial charge is 0.494 e.